The first-order valence-electron chi connectivity index (χ1n) is 5.78. The molecule has 1 amide bonds. The summed E-state index contributed by atoms with van der Waals surface area (Å²) in [5.74, 6) is 0.191. The number of primary amides is 1. The second-order valence-corrected chi connectivity index (χ2v) is 4.86. The van der Waals surface area contributed by atoms with Crippen LogP contribution in [0.3, 0.4) is 0 Å². The van der Waals surface area contributed by atoms with E-state index < -0.39 is 5.91 Å². The number of hydrogen-bond acceptors (Lipinski definition) is 3. The Hall–Kier alpha value is -1.94. The zero-order valence-corrected chi connectivity index (χ0v) is 11.7. The average Bonchev–Trinajstić information content (AvgIpc) is 2.46. The molecule has 0 saturated heterocycles. The molecular weight excluding hydrogens is 258 g/mol. The topological polar surface area (TPSA) is 52.3 Å². The van der Waals surface area contributed by atoms with Gasteiger partial charge in [-0.3, -0.25) is 4.79 Å². The molecule has 0 atom stereocenters. The lowest BCUT2D eigenvalue weighted by Crippen LogP contribution is -2.12. The highest BCUT2D eigenvalue weighted by Gasteiger charge is 2.14. The molecule has 4 heteroatoms. The molecule has 2 N–H and O–H groups in total. The number of carbonyl (C=O) groups is 1. The van der Waals surface area contributed by atoms with Gasteiger partial charge in [-0.1, -0.05) is 18.2 Å². The molecule has 0 radical (unpaired) electrons. The van der Waals surface area contributed by atoms with Crippen molar-refractivity contribution in [3.63, 3.8) is 0 Å². The number of benzene rings is 2. The predicted molar refractivity (Wildman–Crippen MR) is 78.7 cm³/mol. The number of ether oxygens (including phenoxy) is 1. The number of amides is 1. The first-order chi connectivity index (χ1) is 9.17. The van der Waals surface area contributed by atoms with E-state index in [2.05, 4.69) is 0 Å². The van der Waals surface area contributed by atoms with Crippen molar-refractivity contribution in [1.82, 2.24) is 0 Å². The Morgan fingerprint density at radius 1 is 1.16 bits per heavy atom. The Kier molecular flexibility index (Phi) is 4.12. The lowest BCUT2D eigenvalue weighted by molar-refractivity contribution is 0.100. The Bertz CT molecular complexity index is 594. The van der Waals surface area contributed by atoms with Gasteiger partial charge in [-0.25, -0.2) is 0 Å². The van der Waals surface area contributed by atoms with Gasteiger partial charge in [0.05, 0.1) is 12.7 Å². The van der Waals surface area contributed by atoms with Crippen LogP contribution in [0.2, 0.25) is 0 Å². The third-order valence-electron chi connectivity index (χ3n) is 2.89. The Morgan fingerprint density at radius 3 is 2.37 bits per heavy atom. The van der Waals surface area contributed by atoms with Crippen molar-refractivity contribution in [3.8, 4) is 16.9 Å². The molecule has 2 aromatic carbocycles. The summed E-state index contributed by atoms with van der Waals surface area (Å²) in [5, 5.41) is 0. The number of rotatable bonds is 4. The van der Waals surface area contributed by atoms with Crippen molar-refractivity contribution < 1.29 is 9.53 Å². The molecule has 19 heavy (non-hydrogen) atoms. The number of thioether (sulfide) groups is 1. The summed E-state index contributed by atoms with van der Waals surface area (Å²) in [6.45, 7) is 0. The third-order valence-corrected chi connectivity index (χ3v) is 3.63. The van der Waals surface area contributed by atoms with Crippen LogP contribution < -0.4 is 10.5 Å². The second-order valence-electron chi connectivity index (χ2n) is 3.98. The van der Waals surface area contributed by atoms with Crippen LogP contribution >= 0.6 is 11.8 Å². The maximum Gasteiger partial charge on any atom is 0.249 e. The van der Waals surface area contributed by atoms with Crippen LogP contribution in [0.25, 0.3) is 11.1 Å². The minimum Gasteiger partial charge on any atom is -0.496 e. The van der Waals surface area contributed by atoms with Crippen molar-refractivity contribution in [2.24, 2.45) is 5.73 Å². The second kappa shape index (κ2) is 5.80. The fourth-order valence-corrected chi connectivity index (χ4v) is 2.37. The van der Waals surface area contributed by atoms with Crippen LogP contribution in [0.5, 0.6) is 5.75 Å². The molecule has 0 aliphatic carbocycles. The maximum absolute atomic E-state index is 11.5. The monoisotopic (exact) mass is 273 g/mol. The van der Waals surface area contributed by atoms with Gasteiger partial charge in [0.1, 0.15) is 5.75 Å². The van der Waals surface area contributed by atoms with Crippen molar-refractivity contribution in [2.75, 3.05) is 13.4 Å². The molecule has 0 aliphatic heterocycles. The normalized spacial score (nSPS) is 10.2. The molecule has 0 bridgehead atoms. The molecule has 0 fully saturated rings. The zero-order chi connectivity index (χ0) is 13.8. The Morgan fingerprint density at radius 2 is 1.84 bits per heavy atom. The van der Waals surface area contributed by atoms with Crippen LogP contribution in [-0.4, -0.2) is 19.3 Å². The number of methoxy groups -OCH3 is 1. The van der Waals surface area contributed by atoms with Crippen molar-refractivity contribution in [3.05, 3.63) is 48.0 Å². The molecule has 0 aliphatic rings. The van der Waals surface area contributed by atoms with Crippen molar-refractivity contribution in [2.45, 2.75) is 4.90 Å². The smallest absolute Gasteiger partial charge is 0.249 e. The van der Waals surface area contributed by atoms with Gasteiger partial charge in [-0.15, -0.1) is 11.8 Å². The first-order valence-corrected chi connectivity index (χ1v) is 7.01. The number of nitrogens with two attached hydrogens (primary N) is 1. The molecule has 0 aromatic heterocycles. The lowest BCUT2D eigenvalue weighted by atomic mass is 9.98. The van der Waals surface area contributed by atoms with E-state index >= 15 is 0 Å². The van der Waals surface area contributed by atoms with Crippen LogP contribution in [0.4, 0.5) is 0 Å². The molecular formula is C15H15NO2S. The summed E-state index contributed by atoms with van der Waals surface area (Å²) in [6, 6.07) is 13.3. The highest BCUT2D eigenvalue weighted by molar-refractivity contribution is 7.98. The Labute approximate surface area is 116 Å². The van der Waals surface area contributed by atoms with Gasteiger partial charge in [-0.2, -0.15) is 0 Å². The predicted octanol–water partition coefficient (Wildman–Crippen LogP) is 3.18. The van der Waals surface area contributed by atoms with Crippen molar-refractivity contribution >= 4 is 17.7 Å². The minimum absolute atomic E-state index is 0.456. The quantitative estimate of drug-likeness (QED) is 0.870. The van der Waals surface area contributed by atoms with E-state index in [4.69, 9.17) is 10.5 Å². The van der Waals surface area contributed by atoms with E-state index in [0.717, 1.165) is 11.1 Å². The average molecular weight is 273 g/mol. The highest BCUT2D eigenvalue weighted by atomic mass is 32.2. The fraction of sp³-hybridized carbons (Fsp3) is 0.133. The minimum atomic E-state index is -0.456. The first kappa shape index (κ1) is 13.5. The summed E-state index contributed by atoms with van der Waals surface area (Å²) in [5.41, 5.74) is 7.56. The van der Waals surface area contributed by atoms with E-state index in [1.54, 1.807) is 31.0 Å². The van der Waals surface area contributed by atoms with E-state index in [1.165, 1.54) is 4.90 Å². The standard InChI is InChI=1S/C15H15NO2S/c1-18-13-5-3-4-12(15(16)17)14(13)10-6-8-11(19-2)9-7-10/h3-9H,1-2H3,(H2,16,17). The highest BCUT2D eigenvalue weighted by Crippen LogP contribution is 2.34. The van der Waals surface area contributed by atoms with E-state index in [-0.39, 0.29) is 0 Å². The maximum atomic E-state index is 11.5. The SMILES string of the molecule is COc1cccc(C(N)=O)c1-c1ccc(SC)cc1. The number of carbonyl (C=O) groups excluding carboxylic acids is 1. The van der Waals surface area contributed by atoms with Gasteiger partial charge in [0.15, 0.2) is 0 Å². The van der Waals surface area contributed by atoms with E-state index in [0.29, 0.717) is 11.3 Å². The summed E-state index contributed by atoms with van der Waals surface area (Å²) in [4.78, 5) is 12.7. The summed E-state index contributed by atoms with van der Waals surface area (Å²) < 4.78 is 5.33. The summed E-state index contributed by atoms with van der Waals surface area (Å²) >= 11 is 1.67. The third kappa shape index (κ3) is 2.74. The largest absolute Gasteiger partial charge is 0.496 e. The molecule has 2 rings (SSSR count). The van der Waals surface area contributed by atoms with E-state index in [1.807, 2.05) is 36.6 Å². The summed E-state index contributed by atoms with van der Waals surface area (Å²) in [6.07, 6.45) is 2.02. The van der Waals surface area contributed by atoms with Crippen LogP contribution in [0.1, 0.15) is 10.4 Å². The summed E-state index contributed by atoms with van der Waals surface area (Å²) in [7, 11) is 1.58. The molecule has 3 nitrogen and oxygen atoms in total. The lowest BCUT2D eigenvalue weighted by Gasteiger charge is -2.12. The molecule has 0 unspecified atom stereocenters. The van der Waals surface area contributed by atoms with Gasteiger partial charge >= 0.3 is 0 Å². The molecule has 2 aromatic rings. The van der Waals surface area contributed by atoms with Gasteiger partial charge < -0.3 is 10.5 Å². The van der Waals surface area contributed by atoms with Crippen LogP contribution in [0.15, 0.2) is 47.4 Å². The van der Waals surface area contributed by atoms with Crippen LogP contribution in [0, 0.1) is 0 Å². The molecule has 0 spiro atoms. The van der Waals surface area contributed by atoms with Crippen LogP contribution in [-0.2, 0) is 0 Å². The molecule has 0 heterocycles. The van der Waals surface area contributed by atoms with Gasteiger partial charge in [0.25, 0.3) is 0 Å². The van der Waals surface area contributed by atoms with Gasteiger partial charge in [0, 0.05) is 10.5 Å². The van der Waals surface area contributed by atoms with Gasteiger partial charge in [0.2, 0.25) is 5.91 Å². The fourth-order valence-electron chi connectivity index (χ4n) is 1.96. The zero-order valence-electron chi connectivity index (χ0n) is 10.8. The molecule has 98 valence electrons. The van der Waals surface area contributed by atoms with Crippen molar-refractivity contribution in [1.29, 1.82) is 0 Å². The van der Waals surface area contributed by atoms with Gasteiger partial charge in [-0.05, 0) is 36.1 Å². The molecule has 0 saturated carbocycles. The van der Waals surface area contributed by atoms with E-state index in [9.17, 15) is 4.79 Å². The number of hydrogen-bond donors (Lipinski definition) is 1. The Balaban J connectivity index is 2.61.